The molecule has 32 heavy (non-hydrogen) atoms. The van der Waals surface area contributed by atoms with Gasteiger partial charge in [-0.3, -0.25) is 10.2 Å². The second-order valence-electron chi connectivity index (χ2n) is 7.70. The zero-order valence-electron chi connectivity index (χ0n) is 17.7. The minimum Gasteiger partial charge on any atom is -0.495 e. The van der Waals surface area contributed by atoms with Gasteiger partial charge >= 0.3 is 6.03 Å². The number of ether oxygens (including phenoxy) is 1. The number of hydrogen-bond acceptors (Lipinski definition) is 4. The molecule has 2 amide bonds. The second-order valence-corrected chi connectivity index (χ2v) is 7.70. The van der Waals surface area contributed by atoms with Gasteiger partial charge in [0.15, 0.2) is 11.6 Å². The maximum absolute atomic E-state index is 13.5. The lowest BCUT2D eigenvalue weighted by Crippen LogP contribution is -2.35. The van der Waals surface area contributed by atoms with Crippen LogP contribution in [-0.4, -0.2) is 40.9 Å². The molecule has 0 atom stereocenters. The molecule has 1 aromatic heterocycles. The lowest BCUT2D eigenvalue weighted by molar-refractivity contribution is 0.174. The Morgan fingerprint density at radius 1 is 1.09 bits per heavy atom. The van der Waals surface area contributed by atoms with Crippen molar-refractivity contribution >= 4 is 17.5 Å². The van der Waals surface area contributed by atoms with Crippen LogP contribution in [0.4, 0.5) is 25.1 Å². The largest absolute Gasteiger partial charge is 0.495 e. The summed E-state index contributed by atoms with van der Waals surface area (Å²) >= 11 is 0. The fourth-order valence-corrected chi connectivity index (χ4v) is 3.94. The van der Waals surface area contributed by atoms with Crippen LogP contribution in [0.2, 0.25) is 0 Å². The SMILES string of the molecule is COc1ccccc1NC(=O)Nc1ccnn1C1CCN(Cc2ccc(F)c(F)c2)CC1. The van der Waals surface area contributed by atoms with Gasteiger partial charge in [-0.15, -0.1) is 0 Å². The van der Waals surface area contributed by atoms with Crippen LogP contribution in [0, 0.1) is 11.6 Å². The van der Waals surface area contributed by atoms with E-state index in [0.29, 0.717) is 23.8 Å². The molecule has 1 aliphatic heterocycles. The number of halogens is 2. The monoisotopic (exact) mass is 441 g/mol. The highest BCUT2D eigenvalue weighted by atomic mass is 19.2. The highest BCUT2D eigenvalue weighted by Crippen LogP contribution is 2.27. The van der Waals surface area contributed by atoms with E-state index in [0.717, 1.165) is 37.6 Å². The Labute approximate surface area is 185 Å². The fourth-order valence-electron chi connectivity index (χ4n) is 3.94. The number of amides is 2. The number of hydrogen-bond donors (Lipinski definition) is 2. The van der Waals surface area contributed by atoms with Crippen molar-refractivity contribution in [1.29, 1.82) is 0 Å². The molecule has 168 valence electrons. The molecule has 2 N–H and O–H groups in total. The molecule has 0 bridgehead atoms. The quantitative estimate of drug-likeness (QED) is 0.584. The summed E-state index contributed by atoms with van der Waals surface area (Å²) in [5.74, 6) is -0.474. The maximum atomic E-state index is 13.5. The topological polar surface area (TPSA) is 71.4 Å². The van der Waals surface area contributed by atoms with Crippen molar-refractivity contribution in [3.63, 3.8) is 0 Å². The highest BCUT2D eigenvalue weighted by Gasteiger charge is 2.23. The summed E-state index contributed by atoms with van der Waals surface area (Å²) in [7, 11) is 1.55. The first-order valence-corrected chi connectivity index (χ1v) is 10.4. The van der Waals surface area contributed by atoms with Crippen LogP contribution in [0.15, 0.2) is 54.7 Å². The smallest absolute Gasteiger partial charge is 0.324 e. The van der Waals surface area contributed by atoms with Crippen molar-refractivity contribution < 1.29 is 18.3 Å². The summed E-state index contributed by atoms with van der Waals surface area (Å²) in [6.45, 7) is 2.14. The molecule has 7 nitrogen and oxygen atoms in total. The number of benzene rings is 2. The van der Waals surface area contributed by atoms with Crippen molar-refractivity contribution in [2.45, 2.75) is 25.4 Å². The highest BCUT2D eigenvalue weighted by molar-refractivity contribution is 6.00. The van der Waals surface area contributed by atoms with Crippen LogP contribution in [0.1, 0.15) is 24.4 Å². The third-order valence-corrected chi connectivity index (χ3v) is 5.56. The Morgan fingerprint density at radius 2 is 1.88 bits per heavy atom. The van der Waals surface area contributed by atoms with Gasteiger partial charge < -0.3 is 10.1 Å². The van der Waals surface area contributed by atoms with Gasteiger partial charge in [-0.1, -0.05) is 18.2 Å². The number of nitrogens with one attached hydrogen (secondary N) is 2. The van der Waals surface area contributed by atoms with Crippen LogP contribution >= 0.6 is 0 Å². The molecule has 2 aromatic carbocycles. The standard InChI is InChI=1S/C23H25F2N5O2/c1-32-21-5-3-2-4-20(21)27-23(31)28-22-8-11-26-30(22)17-9-12-29(13-10-17)15-16-6-7-18(24)19(25)14-16/h2-8,11,14,17H,9-10,12-13,15H2,1H3,(H2,27,28,31). The van der Waals surface area contributed by atoms with E-state index in [-0.39, 0.29) is 12.1 Å². The number of aromatic nitrogens is 2. The number of methoxy groups -OCH3 is 1. The van der Waals surface area contributed by atoms with Crippen molar-refractivity contribution in [1.82, 2.24) is 14.7 Å². The molecule has 1 aliphatic rings. The van der Waals surface area contributed by atoms with Crippen LogP contribution in [0.3, 0.4) is 0 Å². The van der Waals surface area contributed by atoms with Crippen LogP contribution < -0.4 is 15.4 Å². The van der Waals surface area contributed by atoms with E-state index in [9.17, 15) is 13.6 Å². The van der Waals surface area contributed by atoms with E-state index in [4.69, 9.17) is 4.74 Å². The molecule has 0 unspecified atom stereocenters. The van der Waals surface area contributed by atoms with E-state index in [2.05, 4.69) is 20.6 Å². The first kappa shape index (κ1) is 21.8. The van der Waals surface area contributed by atoms with Crippen molar-refractivity contribution in [2.24, 2.45) is 0 Å². The molecule has 3 aromatic rings. The van der Waals surface area contributed by atoms with Gasteiger partial charge in [0.05, 0.1) is 25.0 Å². The average Bonchev–Trinajstić information content (AvgIpc) is 3.25. The average molecular weight is 441 g/mol. The van der Waals surface area contributed by atoms with Gasteiger partial charge in [0.25, 0.3) is 0 Å². The molecule has 0 aliphatic carbocycles. The molecule has 9 heteroatoms. The second kappa shape index (κ2) is 9.78. The van der Waals surface area contributed by atoms with E-state index < -0.39 is 11.6 Å². The van der Waals surface area contributed by atoms with Gasteiger partial charge in [-0.05, 0) is 42.7 Å². The minimum atomic E-state index is -0.832. The first-order valence-electron chi connectivity index (χ1n) is 10.4. The lowest BCUT2D eigenvalue weighted by atomic mass is 10.0. The molecule has 0 saturated carbocycles. The fraction of sp³-hybridized carbons (Fsp3) is 0.304. The zero-order chi connectivity index (χ0) is 22.5. The van der Waals surface area contributed by atoms with Crippen LogP contribution in [0.5, 0.6) is 5.75 Å². The number of piperidine rings is 1. The van der Waals surface area contributed by atoms with E-state index in [1.807, 2.05) is 16.8 Å². The Morgan fingerprint density at radius 3 is 2.62 bits per heavy atom. The van der Waals surface area contributed by atoms with Gasteiger partial charge in [-0.2, -0.15) is 5.10 Å². The van der Waals surface area contributed by atoms with Crippen molar-refractivity contribution in [3.05, 3.63) is 71.9 Å². The van der Waals surface area contributed by atoms with Crippen molar-refractivity contribution in [2.75, 3.05) is 30.8 Å². The molecule has 4 rings (SSSR count). The molecule has 1 saturated heterocycles. The molecule has 1 fully saturated rings. The summed E-state index contributed by atoms with van der Waals surface area (Å²) in [5, 5.41) is 10.0. The molecule has 0 spiro atoms. The zero-order valence-corrected chi connectivity index (χ0v) is 17.7. The normalized spacial score (nSPS) is 14.8. The number of para-hydroxylation sites is 2. The number of urea groups is 1. The van der Waals surface area contributed by atoms with E-state index in [1.165, 1.54) is 6.07 Å². The number of carbonyl (C=O) groups excluding carboxylic acids is 1. The summed E-state index contributed by atoms with van der Waals surface area (Å²) in [5.41, 5.74) is 1.32. The summed E-state index contributed by atoms with van der Waals surface area (Å²) in [6, 6.07) is 12.7. The number of likely N-dealkylation sites (tertiary alicyclic amines) is 1. The molecular weight excluding hydrogens is 416 g/mol. The Bertz CT molecular complexity index is 1080. The summed E-state index contributed by atoms with van der Waals surface area (Å²) < 4.78 is 33.7. The Balaban J connectivity index is 1.33. The number of rotatable bonds is 6. The molecule has 2 heterocycles. The first-order chi connectivity index (χ1) is 15.5. The summed E-state index contributed by atoms with van der Waals surface area (Å²) in [6.07, 6.45) is 3.31. The van der Waals surface area contributed by atoms with Gasteiger partial charge in [0.2, 0.25) is 0 Å². The minimum absolute atomic E-state index is 0.132. The van der Waals surface area contributed by atoms with Gasteiger partial charge in [-0.25, -0.2) is 18.3 Å². The van der Waals surface area contributed by atoms with E-state index >= 15 is 0 Å². The Kier molecular flexibility index (Phi) is 6.65. The van der Waals surface area contributed by atoms with Gasteiger partial charge in [0, 0.05) is 25.7 Å². The lowest BCUT2D eigenvalue weighted by Gasteiger charge is -2.32. The van der Waals surface area contributed by atoms with Crippen LogP contribution in [0.25, 0.3) is 0 Å². The number of carbonyl (C=O) groups is 1. The van der Waals surface area contributed by atoms with Gasteiger partial charge in [0.1, 0.15) is 11.6 Å². The maximum Gasteiger partial charge on any atom is 0.324 e. The predicted octanol–water partition coefficient (Wildman–Crippen LogP) is 4.65. The van der Waals surface area contributed by atoms with Crippen molar-refractivity contribution in [3.8, 4) is 5.75 Å². The molecular formula is C23H25F2N5O2. The molecule has 0 radical (unpaired) electrons. The summed E-state index contributed by atoms with van der Waals surface area (Å²) in [4.78, 5) is 14.7. The number of anilines is 2. The van der Waals surface area contributed by atoms with E-state index in [1.54, 1.807) is 37.6 Å². The predicted molar refractivity (Wildman–Crippen MR) is 118 cm³/mol. The number of nitrogens with zero attached hydrogens (tertiary/aromatic N) is 3. The third-order valence-electron chi connectivity index (χ3n) is 5.56. The third kappa shape index (κ3) is 5.05. The van der Waals surface area contributed by atoms with Crippen LogP contribution in [-0.2, 0) is 6.54 Å². The Hall–Kier alpha value is -3.46.